The number of hydrogen-bond acceptors (Lipinski definition) is 6. The predicted octanol–water partition coefficient (Wildman–Crippen LogP) is 4.05. The van der Waals surface area contributed by atoms with E-state index in [9.17, 15) is 26.3 Å². The van der Waals surface area contributed by atoms with Crippen LogP contribution in [-0.4, -0.2) is 41.7 Å². The quantitative estimate of drug-likeness (QED) is 0.536. The number of hydrogen-bond donors (Lipinski definition) is 3. The summed E-state index contributed by atoms with van der Waals surface area (Å²) in [6.07, 6.45) is -5.78. The van der Waals surface area contributed by atoms with E-state index in [1.165, 1.54) is 18.3 Å². The highest BCUT2D eigenvalue weighted by molar-refractivity contribution is 6.00. The van der Waals surface area contributed by atoms with E-state index in [1.54, 1.807) is 11.9 Å². The first-order valence-corrected chi connectivity index (χ1v) is 11.2. The molecule has 13 heteroatoms. The Morgan fingerprint density at radius 3 is 2.42 bits per heavy atom. The molecule has 0 fully saturated rings. The number of pyridine rings is 2. The van der Waals surface area contributed by atoms with Crippen LogP contribution in [-0.2, 0) is 18.9 Å². The maximum Gasteiger partial charge on any atom is 0.433 e. The Hall–Kier alpha value is -3.35. The van der Waals surface area contributed by atoms with Crippen molar-refractivity contribution in [1.82, 2.24) is 25.9 Å². The van der Waals surface area contributed by atoms with Crippen LogP contribution in [0.5, 0.6) is 0 Å². The Kier molecular flexibility index (Phi) is 6.86. The topological polar surface area (TPSA) is 77.5 Å². The number of aromatic nitrogens is 2. The van der Waals surface area contributed by atoms with Gasteiger partial charge in [0.1, 0.15) is 17.3 Å². The van der Waals surface area contributed by atoms with Gasteiger partial charge in [0.2, 0.25) is 0 Å². The second-order valence-corrected chi connectivity index (χ2v) is 8.66. The average Bonchev–Trinajstić information content (AvgIpc) is 3.04. The minimum atomic E-state index is -4.53. The van der Waals surface area contributed by atoms with Crippen LogP contribution in [0, 0.1) is 0 Å². The van der Waals surface area contributed by atoms with Crippen LogP contribution in [0.2, 0.25) is 0 Å². The van der Waals surface area contributed by atoms with Gasteiger partial charge in [-0.15, -0.1) is 0 Å². The zero-order chi connectivity index (χ0) is 26.1. The number of halogens is 6. The summed E-state index contributed by atoms with van der Waals surface area (Å²) in [5.74, 6) is -0.393. The van der Waals surface area contributed by atoms with Gasteiger partial charge in [-0.05, 0) is 44.2 Å². The van der Waals surface area contributed by atoms with Crippen molar-refractivity contribution < 1.29 is 26.3 Å². The Bertz CT molecular complexity index is 1160. The van der Waals surface area contributed by atoms with E-state index >= 15 is 0 Å². The molecule has 4 rings (SSSR count). The van der Waals surface area contributed by atoms with Crippen LogP contribution in [0.1, 0.15) is 36.6 Å². The van der Waals surface area contributed by atoms with Crippen molar-refractivity contribution in [3.8, 4) is 0 Å². The van der Waals surface area contributed by atoms with Crippen LogP contribution < -0.4 is 20.9 Å². The van der Waals surface area contributed by atoms with E-state index in [-0.39, 0.29) is 18.9 Å². The standard InChI is InChI=1S/C23H25F6N7/c1-21(30-2)34-17-8-11-36(20-16(22(24,25)26)4-3-9-31-20)10-7-15(17)19(35-21)33-13-14-5-6-18(32-12-14)23(27,28)29/h3-6,9,12,30,34H,7-8,10-11,13H2,1-2H3,(H,33,35). The Morgan fingerprint density at radius 2 is 1.78 bits per heavy atom. The van der Waals surface area contributed by atoms with Crippen molar-refractivity contribution in [2.45, 2.75) is 44.4 Å². The summed E-state index contributed by atoms with van der Waals surface area (Å²) in [5.41, 5.74) is 0.335. The summed E-state index contributed by atoms with van der Waals surface area (Å²) in [6, 6.07) is 4.51. The molecule has 0 aliphatic carbocycles. The molecule has 2 aliphatic rings. The van der Waals surface area contributed by atoms with Gasteiger partial charge in [-0.3, -0.25) is 15.3 Å². The Labute approximate surface area is 203 Å². The van der Waals surface area contributed by atoms with Crippen LogP contribution in [0.3, 0.4) is 0 Å². The molecule has 2 aliphatic heterocycles. The molecule has 194 valence electrons. The van der Waals surface area contributed by atoms with Crippen molar-refractivity contribution in [2.24, 2.45) is 4.99 Å². The number of rotatable bonds is 4. The fourth-order valence-corrected chi connectivity index (χ4v) is 4.15. The molecule has 0 amide bonds. The molecule has 4 heterocycles. The van der Waals surface area contributed by atoms with Crippen molar-refractivity contribution in [3.05, 3.63) is 64.8 Å². The lowest BCUT2D eigenvalue weighted by molar-refractivity contribution is -0.141. The maximum absolute atomic E-state index is 13.6. The second-order valence-electron chi connectivity index (χ2n) is 8.66. The third-order valence-electron chi connectivity index (χ3n) is 6.11. The monoisotopic (exact) mass is 513 g/mol. The highest BCUT2D eigenvalue weighted by Crippen LogP contribution is 2.36. The molecule has 0 saturated carbocycles. The van der Waals surface area contributed by atoms with Gasteiger partial charge in [0.05, 0.1) is 12.1 Å². The van der Waals surface area contributed by atoms with Gasteiger partial charge in [0.25, 0.3) is 0 Å². The van der Waals surface area contributed by atoms with Gasteiger partial charge in [0, 0.05) is 43.2 Å². The van der Waals surface area contributed by atoms with Crippen LogP contribution in [0.15, 0.2) is 52.9 Å². The summed E-state index contributed by atoms with van der Waals surface area (Å²) in [5, 5.41) is 9.73. The molecule has 0 bridgehead atoms. The van der Waals surface area contributed by atoms with Gasteiger partial charge in [-0.25, -0.2) is 4.98 Å². The third kappa shape index (κ3) is 5.55. The lowest BCUT2D eigenvalue weighted by atomic mass is 10.0. The van der Waals surface area contributed by atoms with Gasteiger partial charge in [-0.2, -0.15) is 26.3 Å². The molecule has 1 atom stereocenters. The zero-order valence-electron chi connectivity index (χ0n) is 19.6. The predicted molar refractivity (Wildman–Crippen MR) is 122 cm³/mol. The van der Waals surface area contributed by atoms with E-state index in [2.05, 4.69) is 30.9 Å². The minimum absolute atomic E-state index is 0.0756. The highest BCUT2D eigenvalue weighted by Gasteiger charge is 2.38. The number of aliphatic imine (C=N–C) groups is 1. The van der Waals surface area contributed by atoms with Crippen LogP contribution in [0.25, 0.3) is 0 Å². The first-order valence-electron chi connectivity index (χ1n) is 11.2. The van der Waals surface area contributed by atoms with Crippen molar-refractivity contribution in [1.29, 1.82) is 0 Å². The lowest BCUT2D eigenvalue weighted by Crippen LogP contribution is -2.67. The number of amidine groups is 1. The van der Waals surface area contributed by atoms with E-state index in [0.717, 1.165) is 29.6 Å². The molecule has 0 saturated heterocycles. The fraction of sp³-hybridized carbons (Fsp3) is 0.435. The fourth-order valence-electron chi connectivity index (χ4n) is 4.15. The van der Waals surface area contributed by atoms with Crippen LogP contribution in [0.4, 0.5) is 32.2 Å². The largest absolute Gasteiger partial charge is 0.433 e. The summed E-state index contributed by atoms with van der Waals surface area (Å²) < 4.78 is 79.1. The molecule has 2 aromatic heterocycles. The zero-order valence-corrected chi connectivity index (χ0v) is 19.6. The molecule has 36 heavy (non-hydrogen) atoms. The number of anilines is 1. The van der Waals surface area contributed by atoms with Crippen LogP contribution >= 0.6 is 0 Å². The molecular formula is C23H25F6N7. The number of nitrogens with one attached hydrogen (secondary N) is 3. The van der Waals surface area contributed by atoms with Crippen molar-refractivity contribution in [2.75, 3.05) is 25.0 Å². The van der Waals surface area contributed by atoms with Gasteiger partial charge >= 0.3 is 12.4 Å². The maximum atomic E-state index is 13.6. The van der Waals surface area contributed by atoms with Crippen molar-refractivity contribution >= 4 is 11.7 Å². The first-order chi connectivity index (χ1) is 16.9. The van der Waals surface area contributed by atoms with Gasteiger partial charge in [0.15, 0.2) is 5.79 Å². The average molecular weight is 513 g/mol. The highest BCUT2D eigenvalue weighted by atomic mass is 19.4. The van der Waals surface area contributed by atoms with Crippen molar-refractivity contribution in [3.63, 3.8) is 0 Å². The molecule has 0 radical (unpaired) electrons. The molecular weight excluding hydrogens is 488 g/mol. The Morgan fingerprint density at radius 1 is 1.03 bits per heavy atom. The first kappa shape index (κ1) is 25.7. The molecule has 2 aromatic rings. The summed E-state index contributed by atoms with van der Waals surface area (Å²) in [6.45, 7) is 2.50. The Balaban J connectivity index is 1.59. The van der Waals surface area contributed by atoms with Gasteiger partial charge < -0.3 is 15.5 Å². The molecule has 0 aromatic carbocycles. The third-order valence-corrected chi connectivity index (χ3v) is 6.11. The smallest absolute Gasteiger partial charge is 0.355 e. The van der Waals surface area contributed by atoms with E-state index in [4.69, 9.17) is 0 Å². The molecule has 0 spiro atoms. The van der Waals surface area contributed by atoms with Gasteiger partial charge in [-0.1, -0.05) is 6.07 Å². The van der Waals surface area contributed by atoms with E-state index in [0.29, 0.717) is 30.8 Å². The summed E-state index contributed by atoms with van der Waals surface area (Å²) in [4.78, 5) is 13.7. The summed E-state index contributed by atoms with van der Waals surface area (Å²) in [7, 11) is 1.73. The normalized spacial score (nSPS) is 22.1. The summed E-state index contributed by atoms with van der Waals surface area (Å²) >= 11 is 0. The number of alkyl halides is 6. The second kappa shape index (κ2) is 9.60. The minimum Gasteiger partial charge on any atom is -0.355 e. The molecule has 1 unspecified atom stereocenters. The lowest BCUT2D eigenvalue weighted by Gasteiger charge is -2.40. The number of nitrogens with zero attached hydrogens (tertiary/aromatic N) is 4. The van der Waals surface area contributed by atoms with E-state index in [1.807, 2.05) is 6.92 Å². The molecule has 7 nitrogen and oxygen atoms in total. The molecule has 3 N–H and O–H groups in total. The van der Waals surface area contributed by atoms with E-state index < -0.39 is 29.4 Å². The SMILES string of the molecule is CNC1(C)NC(=NCc2ccc(C(F)(F)F)nc2)C2=C(CCN(c3ncccc3C(F)(F)F)CC2)N1.